The zero-order valence-corrected chi connectivity index (χ0v) is 26.1. The molecule has 45 heavy (non-hydrogen) atoms. The smallest absolute Gasteiger partial charge is 0.344 e. The second kappa shape index (κ2) is 10.9. The van der Waals surface area contributed by atoms with Crippen molar-refractivity contribution >= 4 is 32.8 Å². The van der Waals surface area contributed by atoms with E-state index >= 15 is 0 Å². The second-order valence-corrected chi connectivity index (χ2v) is 11.5. The first-order valence-corrected chi connectivity index (χ1v) is 14.9. The standard InChI is InChI=1S/C38H34N2O5/c1-20-15-24(16-25-17-28(38(41)45-36(20)25)23-18-31(42-4)37(44-6)32(19-23)43-5)35(33-21(2)39-29-13-9-7-11-26(29)33)34-22(3)40-30-14-10-8-12-27(30)34/h7-19,35,39-40H,1-6H3. The van der Waals surface area contributed by atoms with Gasteiger partial charge in [0.15, 0.2) is 11.5 Å². The van der Waals surface area contributed by atoms with Crippen molar-refractivity contribution in [2.75, 3.05) is 21.3 Å². The van der Waals surface area contributed by atoms with Gasteiger partial charge in [0.2, 0.25) is 5.75 Å². The van der Waals surface area contributed by atoms with Crippen molar-refractivity contribution in [2.24, 2.45) is 0 Å². The first-order valence-electron chi connectivity index (χ1n) is 14.9. The number of aromatic nitrogens is 2. The molecule has 0 spiro atoms. The number of hydrogen-bond donors (Lipinski definition) is 2. The van der Waals surface area contributed by atoms with Gasteiger partial charge < -0.3 is 28.6 Å². The molecule has 3 aromatic heterocycles. The van der Waals surface area contributed by atoms with Gasteiger partial charge in [-0.25, -0.2) is 4.79 Å². The van der Waals surface area contributed by atoms with E-state index in [0.717, 1.165) is 38.9 Å². The molecule has 3 heterocycles. The Balaban J connectivity index is 1.51. The van der Waals surface area contributed by atoms with Gasteiger partial charge in [-0.15, -0.1) is 0 Å². The lowest BCUT2D eigenvalue weighted by Crippen LogP contribution is -2.08. The minimum Gasteiger partial charge on any atom is -0.493 e. The molecule has 4 aromatic carbocycles. The number of fused-ring (bicyclic) bond motifs is 3. The Kier molecular flexibility index (Phi) is 6.89. The number of aromatic amines is 2. The molecule has 0 bridgehead atoms. The molecule has 7 rings (SSSR count). The van der Waals surface area contributed by atoms with E-state index in [1.54, 1.807) is 33.5 Å². The van der Waals surface area contributed by atoms with Crippen LogP contribution in [-0.2, 0) is 0 Å². The highest BCUT2D eigenvalue weighted by molar-refractivity contribution is 5.92. The highest BCUT2D eigenvalue weighted by Crippen LogP contribution is 2.45. The maximum atomic E-state index is 13.4. The third-order valence-corrected chi connectivity index (χ3v) is 8.81. The summed E-state index contributed by atoms with van der Waals surface area (Å²) in [5.74, 6) is 1.27. The Labute approximate surface area is 260 Å². The molecular weight excluding hydrogens is 564 g/mol. The predicted molar refractivity (Wildman–Crippen MR) is 179 cm³/mol. The summed E-state index contributed by atoms with van der Waals surface area (Å²) in [5.41, 5.74) is 9.99. The van der Waals surface area contributed by atoms with Gasteiger partial charge in [-0.1, -0.05) is 42.5 Å². The van der Waals surface area contributed by atoms with E-state index in [4.69, 9.17) is 18.6 Å². The maximum absolute atomic E-state index is 13.4. The summed E-state index contributed by atoms with van der Waals surface area (Å²) in [4.78, 5) is 20.7. The van der Waals surface area contributed by atoms with Crippen molar-refractivity contribution in [3.8, 4) is 28.4 Å². The SMILES string of the molecule is COc1cc(-c2cc3cc(C(c4c(C)[nH]c5ccccc45)c4c(C)[nH]c5ccccc45)cc(C)c3oc2=O)cc(OC)c1OC. The lowest BCUT2D eigenvalue weighted by molar-refractivity contribution is 0.324. The molecular formula is C38H34N2O5. The first kappa shape index (κ1) is 28.3. The Morgan fingerprint density at radius 1 is 0.689 bits per heavy atom. The van der Waals surface area contributed by atoms with Crippen LogP contribution in [0.1, 0.15) is 39.6 Å². The number of para-hydroxylation sites is 2. The summed E-state index contributed by atoms with van der Waals surface area (Å²) in [6.07, 6.45) is 0. The summed E-state index contributed by atoms with van der Waals surface area (Å²) < 4.78 is 22.6. The monoisotopic (exact) mass is 598 g/mol. The number of rotatable bonds is 7. The average Bonchev–Trinajstić information content (AvgIpc) is 3.56. The third kappa shape index (κ3) is 4.54. The van der Waals surface area contributed by atoms with Gasteiger partial charge in [0, 0.05) is 44.5 Å². The normalized spacial score (nSPS) is 11.6. The van der Waals surface area contributed by atoms with Crippen molar-refractivity contribution in [3.63, 3.8) is 0 Å². The summed E-state index contributed by atoms with van der Waals surface area (Å²) in [6.45, 7) is 6.28. The van der Waals surface area contributed by atoms with E-state index in [1.807, 2.05) is 13.0 Å². The van der Waals surface area contributed by atoms with Gasteiger partial charge in [-0.3, -0.25) is 0 Å². The molecule has 0 aliphatic heterocycles. The fourth-order valence-electron chi connectivity index (χ4n) is 6.86. The number of methoxy groups -OCH3 is 3. The van der Waals surface area contributed by atoms with Crippen LogP contribution in [0.3, 0.4) is 0 Å². The molecule has 7 nitrogen and oxygen atoms in total. The molecule has 2 N–H and O–H groups in total. The molecule has 0 atom stereocenters. The van der Waals surface area contributed by atoms with Gasteiger partial charge in [-0.2, -0.15) is 0 Å². The van der Waals surface area contributed by atoms with E-state index in [0.29, 0.717) is 34.0 Å². The van der Waals surface area contributed by atoms with Crippen LogP contribution >= 0.6 is 0 Å². The molecule has 0 amide bonds. The minimum absolute atomic E-state index is 0.100. The third-order valence-electron chi connectivity index (χ3n) is 8.81. The van der Waals surface area contributed by atoms with Crippen LogP contribution in [0.5, 0.6) is 17.2 Å². The minimum atomic E-state index is -0.441. The average molecular weight is 599 g/mol. The molecule has 0 aliphatic carbocycles. The van der Waals surface area contributed by atoms with Crippen LogP contribution in [-0.4, -0.2) is 31.3 Å². The number of aryl methyl sites for hydroxylation is 3. The van der Waals surface area contributed by atoms with Crippen LogP contribution in [0, 0.1) is 20.8 Å². The molecule has 0 saturated carbocycles. The first-order chi connectivity index (χ1) is 21.8. The van der Waals surface area contributed by atoms with Gasteiger partial charge in [0.05, 0.1) is 26.9 Å². The van der Waals surface area contributed by atoms with Gasteiger partial charge in [-0.05, 0) is 85.0 Å². The highest BCUT2D eigenvalue weighted by atomic mass is 16.5. The van der Waals surface area contributed by atoms with Crippen LogP contribution in [0.15, 0.2) is 88.1 Å². The zero-order chi connectivity index (χ0) is 31.4. The topological polar surface area (TPSA) is 89.5 Å². The maximum Gasteiger partial charge on any atom is 0.344 e. The molecule has 0 saturated heterocycles. The largest absolute Gasteiger partial charge is 0.493 e. The zero-order valence-electron chi connectivity index (χ0n) is 26.1. The van der Waals surface area contributed by atoms with Crippen molar-refractivity contribution in [2.45, 2.75) is 26.7 Å². The lowest BCUT2D eigenvalue weighted by Gasteiger charge is -2.21. The van der Waals surface area contributed by atoms with E-state index in [2.05, 4.69) is 84.5 Å². The molecule has 7 aromatic rings. The molecule has 0 fully saturated rings. The number of nitrogens with one attached hydrogen (secondary N) is 2. The number of hydrogen-bond acceptors (Lipinski definition) is 5. The van der Waals surface area contributed by atoms with E-state index in [9.17, 15) is 4.79 Å². The molecule has 0 unspecified atom stereocenters. The van der Waals surface area contributed by atoms with E-state index < -0.39 is 5.63 Å². The fourth-order valence-corrected chi connectivity index (χ4v) is 6.86. The van der Waals surface area contributed by atoms with Gasteiger partial charge in [0.1, 0.15) is 5.58 Å². The molecule has 0 aliphatic rings. The Morgan fingerprint density at radius 3 is 1.78 bits per heavy atom. The Morgan fingerprint density at radius 2 is 1.24 bits per heavy atom. The van der Waals surface area contributed by atoms with Gasteiger partial charge in [0.25, 0.3) is 0 Å². The van der Waals surface area contributed by atoms with E-state index in [-0.39, 0.29) is 5.92 Å². The molecule has 226 valence electrons. The van der Waals surface area contributed by atoms with Crippen LogP contribution in [0.4, 0.5) is 0 Å². The summed E-state index contributed by atoms with van der Waals surface area (Å²) >= 11 is 0. The van der Waals surface area contributed by atoms with Crippen LogP contribution in [0.25, 0.3) is 43.9 Å². The fraction of sp³-hybridized carbons (Fsp3) is 0.184. The number of benzene rings is 4. The summed E-state index contributed by atoms with van der Waals surface area (Å²) in [7, 11) is 4.66. The predicted octanol–water partition coefficient (Wildman–Crippen LogP) is 8.55. The van der Waals surface area contributed by atoms with Gasteiger partial charge >= 0.3 is 5.63 Å². The summed E-state index contributed by atoms with van der Waals surface area (Å²) in [5, 5.41) is 3.19. The summed E-state index contributed by atoms with van der Waals surface area (Å²) in [6, 6.07) is 26.6. The van der Waals surface area contributed by atoms with Crippen molar-refractivity contribution in [1.82, 2.24) is 9.97 Å². The molecule has 7 heteroatoms. The molecule has 0 radical (unpaired) electrons. The van der Waals surface area contributed by atoms with Crippen molar-refractivity contribution in [1.29, 1.82) is 0 Å². The second-order valence-electron chi connectivity index (χ2n) is 11.5. The van der Waals surface area contributed by atoms with Crippen molar-refractivity contribution in [3.05, 3.63) is 123 Å². The number of ether oxygens (including phenoxy) is 3. The van der Waals surface area contributed by atoms with Crippen molar-refractivity contribution < 1.29 is 18.6 Å². The van der Waals surface area contributed by atoms with Crippen LogP contribution < -0.4 is 19.8 Å². The lowest BCUT2D eigenvalue weighted by atomic mass is 9.81. The van der Waals surface area contributed by atoms with E-state index in [1.165, 1.54) is 21.9 Å². The van der Waals surface area contributed by atoms with Crippen LogP contribution in [0.2, 0.25) is 0 Å². The Hall–Kier alpha value is -5.43. The highest BCUT2D eigenvalue weighted by Gasteiger charge is 2.28. The Bertz CT molecular complexity index is 2200. The number of H-pyrrole nitrogens is 2. The quantitative estimate of drug-likeness (QED) is 0.180.